The molecule has 116 valence electrons. The molecule has 0 unspecified atom stereocenters. The molecule has 0 fully saturated rings. The maximum atomic E-state index is 14.1. The van der Waals surface area contributed by atoms with Crippen molar-refractivity contribution in [3.05, 3.63) is 59.0 Å². The third-order valence-corrected chi connectivity index (χ3v) is 5.01. The van der Waals surface area contributed by atoms with Gasteiger partial charge in [-0.25, -0.2) is 8.78 Å². The zero-order valence-electron chi connectivity index (χ0n) is 10.1. The highest BCUT2D eigenvalue weighted by Gasteiger charge is 2.30. The lowest BCUT2D eigenvalue weighted by molar-refractivity contribution is -0.384. The van der Waals surface area contributed by atoms with Crippen molar-refractivity contribution in [2.24, 2.45) is 0 Å². The first-order chi connectivity index (χ1) is 10.2. The quantitative estimate of drug-likeness (QED) is 0.238. The Balaban J connectivity index is 3.01. The van der Waals surface area contributed by atoms with E-state index in [1.165, 1.54) is 0 Å². The highest BCUT2D eigenvalue weighted by atomic mass is 35.5. The number of benzene rings is 2. The Morgan fingerprint density at radius 2 is 1.27 bits per heavy atom. The largest absolute Gasteiger partial charge is 0.280 e. The predicted molar refractivity (Wildman–Crippen MR) is 83.5 cm³/mol. The molecule has 2 rings (SSSR count). The zero-order chi connectivity index (χ0) is 16.8. The van der Waals surface area contributed by atoms with E-state index in [9.17, 15) is 18.9 Å². The number of hydrogen-bond donors (Lipinski definition) is 0. The van der Waals surface area contributed by atoms with Crippen LogP contribution in [-0.4, -0.2) is 4.92 Å². The Bertz CT molecular complexity index is 784. The molecule has 0 aromatic heterocycles. The van der Waals surface area contributed by atoms with Crippen molar-refractivity contribution >= 4 is 63.7 Å². The molecule has 22 heavy (non-hydrogen) atoms. The summed E-state index contributed by atoms with van der Waals surface area (Å²) in [6.07, 6.45) is 0. The molecular formula is C12H2Cl5F2NO2. The Morgan fingerprint density at radius 1 is 0.818 bits per heavy atom. The van der Waals surface area contributed by atoms with Gasteiger partial charge in [-0.05, 0) is 6.07 Å². The lowest BCUT2D eigenvalue weighted by atomic mass is 10.0. The van der Waals surface area contributed by atoms with Crippen LogP contribution in [0.4, 0.5) is 14.5 Å². The van der Waals surface area contributed by atoms with E-state index in [0.717, 1.165) is 6.07 Å². The maximum absolute atomic E-state index is 14.1. The molecule has 0 spiro atoms. The first-order valence-electron chi connectivity index (χ1n) is 5.32. The molecule has 0 aliphatic heterocycles. The maximum Gasteiger partial charge on any atom is 0.280 e. The van der Waals surface area contributed by atoms with Gasteiger partial charge in [0.2, 0.25) is 0 Å². The second-order valence-corrected chi connectivity index (χ2v) is 5.85. The molecule has 3 nitrogen and oxygen atoms in total. The van der Waals surface area contributed by atoms with Crippen LogP contribution in [0.15, 0.2) is 12.1 Å². The average Bonchev–Trinajstić information content (AvgIpc) is 2.47. The van der Waals surface area contributed by atoms with Gasteiger partial charge in [-0.15, -0.1) is 0 Å². The highest BCUT2D eigenvalue weighted by molar-refractivity contribution is 6.56. The number of hydrogen-bond acceptors (Lipinski definition) is 2. The van der Waals surface area contributed by atoms with Crippen molar-refractivity contribution in [3.63, 3.8) is 0 Å². The minimum absolute atomic E-state index is 0.207. The molecule has 10 heteroatoms. The van der Waals surface area contributed by atoms with Gasteiger partial charge in [0, 0.05) is 11.6 Å². The molecule has 2 aromatic rings. The molecule has 0 bridgehead atoms. The molecule has 0 saturated heterocycles. The summed E-state index contributed by atoms with van der Waals surface area (Å²) < 4.78 is 27.6. The Kier molecular flexibility index (Phi) is 5.04. The van der Waals surface area contributed by atoms with E-state index in [1.54, 1.807) is 0 Å². The van der Waals surface area contributed by atoms with Crippen LogP contribution in [-0.2, 0) is 0 Å². The third-order valence-electron chi connectivity index (χ3n) is 2.73. The van der Waals surface area contributed by atoms with Crippen LogP contribution >= 0.6 is 58.0 Å². The molecule has 0 aliphatic rings. The van der Waals surface area contributed by atoms with Gasteiger partial charge in [0.25, 0.3) is 5.69 Å². The Morgan fingerprint density at radius 3 is 1.73 bits per heavy atom. The summed E-state index contributed by atoms with van der Waals surface area (Å²) in [6, 6.07) is 1.38. The van der Waals surface area contributed by atoms with Crippen LogP contribution in [0.2, 0.25) is 25.1 Å². The molecule has 0 N–H and O–H groups in total. The number of nitrogens with zero attached hydrogens (tertiary/aromatic N) is 1. The van der Waals surface area contributed by atoms with E-state index in [0.29, 0.717) is 6.07 Å². The van der Waals surface area contributed by atoms with Crippen molar-refractivity contribution in [2.45, 2.75) is 0 Å². The van der Waals surface area contributed by atoms with Crippen molar-refractivity contribution in [2.75, 3.05) is 0 Å². The van der Waals surface area contributed by atoms with Gasteiger partial charge in [0.1, 0.15) is 5.56 Å². The normalized spacial score (nSPS) is 10.9. The van der Waals surface area contributed by atoms with Gasteiger partial charge in [0.05, 0.1) is 30.0 Å². The summed E-state index contributed by atoms with van der Waals surface area (Å²) in [6.45, 7) is 0. The molecule has 0 saturated carbocycles. The van der Waals surface area contributed by atoms with Gasteiger partial charge in [-0.1, -0.05) is 58.0 Å². The fourth-order valence-electron chi connectivity index (χ4n) is 1.75. The molecule has 0 amide bonds. The Labute approximate surface area is 147 Å². The topological polar surface area (TPSA) is 43.1 Å². The molecule has 0 atom stereocenters. The van der Waals surface area contributed by atoms with Gasteiger partial charge in [-0.3, -0.25) is 10.1 Å². The summed E-state index contributed by atoms with van der Waals surface area (Å²) in [4.78, 5) is 10.1. The van der Waals surface area contributed by atoms with Crippen LogP contribution in [0.25, 0.3) is 11.1 Å². The lowest BCUT2D eigenvalue weighted by Crippen LogP contribution is -1.99. The first-order valence-corrected chi connectivity index (χ1v) is 7.21. The van der Waals surface area contributed by atoms with E-state index < -0.39 is 33.4 Å². The smallest absolute Gasteiger partial charge is 0.258 e. The summed E-state index contributed by atoms with van der Waals surface area (Å²) in [5.41, 5.74) is -1.93. The number of nitro groups is 1. The minimum Gasteiger partial charge on any atom is -0.258 e. The summed E-state index contributed by atoms with van der Waals surface area (Å²) in [5, 5.41) is 9.51. The summed E-state index contributed by atoms with van der Waals surface area (Å²) in [5.74, 6) is -2.83. The predicted octanol–water partition coefficient (Wildman–Crippen LogP) is 6.81. The fourth-order valence-corrected chi connectivity index (χ4v) is 3.08. The van der Waals surface area contributed by atoms with E-state index in [2.05, 4.69) is 0 Å². The summed E-state index contributed by atoms with van der Waals surface area (Å²) >= 11 is 29.3. The first kappa shape index (κ1) is 17.5. The number of nitro benzene ring substituents is 1. The lowest BCUT2D eigenvalue weighted by Gasteiger charge is -2.13. The van der Waals surface area contributed by atoms with Gasteiger partial charge < -0.3 is 0 Å². The van der Waals surface area contributed by atoms with E-state index in [4.69, 9.17) is 58.0 Å². The van der Waals surface area contributed by atoms with Crippen LogP contribution in [0, 0.1) is 21.7 Å². The minimum atomic E-state index is -1.51. The van der Waals surface area contributed by atoms with Crippen molar-refractivity contribution in [1.82, 2.24) is 0 Å². The van der Waals surface area contributed by atoms with Gasteiger partial charge >= 0.3 is 0 Å². The molecule has 2 aromatic carbocycles. The zero-order valence-corrected chi connectivity index (χ0v) is 13.8. The molecular weight excluding hydrogens is 405 g/mol. The van der Waals surface area contributed by atoms with Crippen molar-refractivity contribution in [1.29, 1.82) is 0 Å². The van der Waals surface area contributed by atoms with E-state index >= 15 is 0 Å². The second kappa shape index (κ2) is 6.34. The average molecular weight is 407 g/mol. The Hall–Kier alpha value is -0.850. The fraction of sp³-hybridized carbons (Fsp3) is 0. The SMILES string of the molecule is O=[N+]([O-])c1ccc(F)c(F)c1-c1c(Cl)c(Cl)c(Cl)c(Cl)c1Cl. The summed E-state index contributed by atoms with van der Waals surface area (Å²) in [7, 11) is 0. The van der Waals surface area contributed by atoms with E-state index in [-0.39, 0.29) is 25.1 Å². The standard InChI is InChI=1S/C12H2Cl5F2NO2/c13-7-6(8(14)10(16)11(17)9(7)15)5-4(20(21)22)2-1-3(18)12(5)19/h1-2H. The highest BCUT2D eigenvalue weighted by Crippen LogP contribution is 2.50. The van der Waals surface area contributed by atoms with Crippen LogP contribution < -0.4 is 0 Å². The van der Waals surface area contributed by atoms with Gasteiger partial charge in [0.15, 0.2) is 11.6 Å². The molecule has 0 aliphatic carbocycles. The van der Waals surface area contributed by atoms with Crippen molar-refractivity contribution < 1.29 is 13.7 Å². The van der Waals surface area contributed by atoms with Crippen molar-refractivity contribution in [3.8, 4) is 11.1 Å². The van der Waals surface area contributed by atoms with Crippen LogP contribution in [0.1, 0.15) is 0 Å². The number of halogens is 7. The van der Waals surface area contributed by atoms with Gasteiger partial charge in [-0.2, -0.15) is 0 Å². The monoisotopic (exact) mass is 405 g/mol. The molecule has 0 heterocycles. The second-order valence-electron chi connectivity index (χ2n) is 3.96. The number of rotatable bonds is 2. The molecule has 0 radical (unpaired) electrons. The van der Waals surface area contributed by atoms with E-state index in [1.807, 2.05) is 0 Å². The third kappa shape index (κ3) is 2.72. The van der Waals surface area contributed by atoms with Crippen LogP contribution in [0.5, 0.6) is 0 Å². The van der Waals surface area contributed by atoms with Crippen LogP contribution in [0.3, 0.4) is 0 Å².